The van der Waals surface area contributed by atoms with Gasteiger partial charge in [0.15, 0.2) is 0 Å². The molecule has 1 saturated heterocycles. The van der Waals surface area contributed by atoms with Crippen molar-refractivity contribution in [3.63, 3.8) is 0 Å². The van der Waals surface area contributed by atoms with Gasteiger partial charge in [-0.1, -0.05) is 11.6 Å². The van der Waals surface area contributed by atoms with E-state index in [-0.39, 0.29) is 11.1 Å². The molecule has 0 aromatic carbocycles. The van der Waals surface area contributed by atoms with Crippen LogP contribution >= 0.6 is 11.6 Å². The van der Waals surface area contributed by atoms with E-state index in [4.69, 9.17) is 16.3 Å². The minimum absolute atomic E-state index is 0.0266. The molecule has 10 heteroatoms. The van der Waals surface area contributed by atoms with Gasteiger partial charge in [0.1, 0.15) is 18.5 Å². The largest absolute Gasteiger partial charge is 0.417 e. The number of hydrogen-bond acceptors (Lipinski definition) is 5. The predicted octanol–water partition coefficient (Wildman–Crippen LogP) is 2.25. The van der Waals surface area contributed by atoms with Crippen LogP contribution in [-0.2, 0) is 17.5 Å². The molecule has 0 N–H and O–H groups in total. The van der Waals surface area contributed by atoms with Crippen molar-refractivity contribution in [2.75, 3.05) is 24.6 Å². The van der Waals surface area contributed by atoms with Crippen LogP contribution in [0.5, 0.6) is 0 Å². The molecule has 1 unspecified atom stereocenters. The Hall–Kier alpha value is -1.87. The van der Waals surface area contributed by atoms with Gasteiger partial charge in [0.25, 0.3) is 0 Å². The molecule has 0 amide bonds. The standard InChI is InChI=1S/C13H13ClF3N5O/c14-11-3-9(13(15,16)17)4-19-12(11)21-1-2-23-10(5-21)6-22-8-18-7-20-22/h3-4,7-8,10H,1-2,5-6H2. The Labute approximate surface area is 134 Å². The van der Waals surface area contributed by atoms with Gasteiger partial charge in [-0.25, -0.2) is 9.97 Å². The highest BCUT2D eigenvalue weighted by Crippen LogP contribution is 2.33. The van der Waals surface area contributed by atoms with E-state index >= 15 is 0 Å². The summed E-state index contributed by atoms with van der Waals surface area (Å²) in [7, 11) is 0. The van der Waals surface area contributed by atoms with E-state index in [1.165, 1.54) is 6.33 Å². The number of morpholine rings is 1. The molecule has 23 heavy (non-hydrogen) atoms. The van der Waals surface area contributed by atoms with Crippen molar-refractivity contribution in [3.05, 3.63) is 35.5 Å². The lowest BCUT2D eigenvalue weighted by Crippen LogP contribution is -2.44. The molecule has 0 saturated carbocycles. The fourth-order valence-electron chi connectivity index (χ4n) is 2.38. The number of aromatic nitrogens is 4. The SMILES string of the molecule is FC(F)(F)c1cnc(N2CCOC(Cn3cncn3)C2)c(Cl)c1. The van der Waals surface area contributed by atoms with Gasteiger partial charge in [0, 0.05) is 19.3 Å². The van der Waals surface area contributed by atoms with Crippen LogP contribution in [0.3, 0.4) is 0 Å². The molecule has 6 nitrogen and oxygen atoms in total. The molecular formula is C13H13ClF3N5O. The van der Waals surface area contributed by atoms with Gasteiger partial charge < -0.3 is 9.64 Å². The lowest BCUT2D eigenvalue weighted by Gasteiger charge is -2.34. The number of pyridine rings is 1. The Morgan fingerprint density at radius 1 is 1.39 bits per heavy atom. The Kier molecular flexibility index (Phi) is 4.40. The quantitative estimate of drug-likeness (QED) is 0.852. The summed E-state index contributed by atoms with van der Waals surface area (Å²) in [5, 5.41) is 3.98. The monoisotopic (exact) mass is 347 g/mol. The Balaban J connectivity index is 1.73. The van der Waals surface area contributed by atoms with Gasteiger partial charge in [-0.05, 0) is 6.07 Å². The molecule has 3 heterocycles. The molecular weight excluding hydrogens is 335 g/mol. The summed E-state index contributed by atoms with van der Waals surface area (Å²) >= 11 is 5.99. The number of ether oxygens (including phenoxy) is 1. The number of nitrogens with zero attached hydrogens (tertiary/aromatic N) is 5. The normalized spacial score (nSPS) is 19.1. The first-order valence-electron chi connectivity index (χ1n) is 6.85. The van der Waals surface area contributed by atoms with Crippen LogP contribution in [0.2, 0.25) is 5.02 Å². The number of halogens is 4. The van der Waals surface area contributed by atoms with Gasteiger partial charge in [0.05, 0.1) is 29.8 Å². The fraction of sp³-hybridized carbons (Fsp3) is 0.462. The van der Waals surface area contributed by atoms with Crippen molar-refractivity contribution in [2.45, 2.75) is 18.8 Å². The van der Waals surface area contributed by atoms with Gasteiger partial charge in [-0.15, -0.1) is 0 Å². The molecule has 3 rings (SSSR count). The Morgan fingerprint density at radius 3 is 2.87 bits per heavy atom. The molecule has 0 bridgehead atoms. The number of alkyl halides is 3. The Bertz CT molecular complexity index is 664. The average molecular weight is 348 g/mol. The first kappa shape index (κ1) is 16.0. The van der Waals surface area contributed by atoms with Crippen LogP contribution in [0.1, 0.15) is 5.56 Å². The molecule has 124 valence electrons. The molecule has 2 aromatic rings. The number of anilines is 1. The lowest BCUT2D eigenvalue weighted by atomic mass is 10.2. The predicted molar refractivity (Wildman–Crippen MR) is 76.2 cm³/mol. The Morgan fingerprint density at radius 2 is 2.22 bits per heavy atom. The van der Waals surface area contributed by atoms with Crippen molar-refractivity contribution in [1.82, 2.24) is 19.7 Å². The maximum Gasteiger partial charge on any atom is 0.417 e. The first-order chi connectivity index (χ1) is 10.9. The molecule has 1 aliphatic rings. The minimum atomic E-state index is -4.46. The van der Waals surface area contributed by atoms with E-state index in [0.29, 0.717) is 32.1 Å². The maximum absolute atomic E-state index is 12.7. The van der Waals surface area contributed by atoms with Gasteiger partial charge in [-0.3, -0.25) is 4.68 Å². The zero-order chi connectivity index (χ0) is 16.4. The second-order valence-corrected chi connectivity index (χ2v) is 5.49. The molecule has 1 aliphatic heterocycles. The van der Waals surface area contributed by atoms with E-state index in [0.717, 1.165) is 12.3 Å². The van der Waals surface area contributed by atoms with Gasteiger partial charge in [-0.2, -0.15) is 18.3 Å². The summed E-state index contributed by atoms with van der Waals surface area (Å²) < 4.78 is 45.3. The van der Waals surface area contributed by atoms with Crippen LogP contribution in [0.4, 0.5) is 19.0 Å². The third-order valence-corrected chi connectivity index (χ3v) is 3.72. The second-order valence-electron chi connectivity index (χ2n) is 5.08. The minimum Gasteiger partial charge on any atom is -0.373 e. The third kappa shape index (κ3) is 3.73. The average Bonchev–Trinajstić information content (AvgIpc) is 2.99. The molecule has 2 aromatic heterocycles. The van der Waals surface area contributed by atoms with Gasteiger partial charge in [0.2, 0.25) is 0 Å². The second kappa shape index (κ2) is 6.32. The van der Waals surface area contributed by atoms with Crippen molar-refractivity contribution < 1.29 is 17.9 Å². The maximum atomic E-state index is 12.7. The highest BCUT2D eigenvalue weighted by atomic mass is 35.5. The summed E-state index contributed by atoms with van der Waals surface area (Å²) in [6.07, 6.45) is -0.843. The van der Waals surface area contributed by atoms with Crippen LogP contribution < -0.4 is 4.90 Å². The molecule has 1 fully saturated rings. The van der Waals surface area contributed by atoms with Crippen molar-refractivity contribution >= 4 is 17.4 Å². The summed E-state index contributed by atoms with van der Waals surface area (Å²) in [5.41, 5.74) is -0.862. The van der Waals surface area contributed by atoms with E-state index in [1.54, 1.807) is 11.0 Å². The summed E-state index contributed by atoms with van der Waals surface area (Å²) in [6, 6.07) is 0.895. The van der Waals surface area contributed by atoms with E-state index in [1.807, 2.05) is 4.90 Å². The summed E-state index contributed by atoms with van der Waals surface area (Å²) in [4.78, 5) is 9.55. The molecule has 0 radical (unpaired) electrons. The smallest absolute Gasteiger partial charge is 0.373 e. The van der Waals surface area contributed by atoms with E-state index in [2.05, 4.69) is 15.1 Å². The van der Waals surface area contributed by atoms with Crippen LogP contribution in [0.25, 0.3) is 0 Å². The number of hydrogen-bond donors (Lipinski definition) is 0. The van der Waals surface area contributed by atoms with Crippen molar-refractivity contribution in [1.29, 1.82) is 0 Å². The van der Waals surface area contributed by atoms with Crippen LogP contribution in [0.15, 0.2) is 24.9 Å². The van der Waals surface area contributed by atoms with E-state index < -0.39 is 11.7 Å². The zero-order valence-corrected chi connectivity index (χ0v) is 12.6. The third-order valence-electron chi connectivity index (χ3n) is 3.44. The highest BCUT2D eigenvalue weighted by Gasteiger charge is 2.32. The molecule has 0 aliphatic carbocycles. The summed E-state index contributed by atoms with van der Waals surface area (Å²) in [5.74, 6) is 0.326. The first-order valence-corrected chi connectivity index (χ1v) is 7.23. The van der Waals surface area contributed by atoms with Crippen LogP contribution in [0, 0.1) is 0 Å². The highest BCUT2D eigenvalue weighted by molar-refractivity contribution is 6.33. The van der Waals surface area contributed by atoms with Crippen LogP contribution in [-0.4, -0.2) is 45.5 Å². The van der Waals surface area contributed by atoms with E-state index in [9.17, 15) is 13.2 Å². The summed E-state index contributed by atoms with van der Waals surface area (Å²) in [6.45, 7) is 1.89. The molecule has 1 atom stereocenters. The van der Waals surface area contributed by atoms with Crippen molar-refractivity contribution in [2.24, 2.45) is 0 Å². The number of rotatable bonds is 3. The molecule has 0 spiro atoms. The zero-order valence-electron chi connectivity index (χ0n) is 11.9. The lowest BCUT2D eigenvalue weighted by molar-refractivity contribution is -0.137. The topological polar surface area (TPSA) is 56.1 Å². The van der Waals surface area contributed by atoms with Gasteiger partial charge >= 0.3 is 6.18 Å². The van der Waals surface area contributed by atoms with Crippen molar-refractivity contribution in [3.8, 4) is 0 Å². The fourth-order valence-corrected chi connectivity index (χ4v) is 2.66.